The van der Waals surface area contributed by atoms with Gasteiger partial charge >= 0.3 is 12.2 Å². The van der Waals surface area contributed by atoms with Crippen LogP contribution in [0.1, 0.15) is 32.8 Å². The molecule has 3 rings (SSSR count). The molecule has 31 heavy (non-hydrogen) atoms. The fourth-order valence-electron chi connectivity index (χ4n) is 3.73. The molecule has 0 bridgehead atoms. The van der Waals surface area contributed by atoms with Crippen molar-refractivity contribution in [3.8, 4) is 0 Å². The first-order chi connectivity index (χ1) is 14.5. The average Bonchev–Trinajstić information content (AvgIpc) is 2.68. The monoisotopic (exact) mass is 439 g/mol. The highest BCUT2D eigenvalue weighted by molar-refractivity contribution is 5.71. The number of benzene rings is 1. The lowest BCUT2D eigenvalue weighted by Crippen LogP contribution is -2.60. The van der Waals surface area contributed by atoms with E-state index in [0.29, 0.717) is 26.1 Å². The van der Waals surface area contributed by atoms with Crippen molar-refractivity contribution in [3.63, 3.8) is 0 Å². The van der Waals surface area contributed by atoms with E-state index in [-0.39, 0.29) is 32.3 Å². The molecule has 0 saturated carbocycles. The number of halogens is 2. The minimum Gasteiger partial charge on any atom is -0.445 e. The highest BCUT2D eigenvalue weighted by atomic mass is 19.3. The third-order valence-electron chi connectivity index (χ3n) is 5.26. The molecule has 1 aromatic carbocycles. The van der Waals surface area contributed by atoms with Gasteiger partial charge in [-0.1, -0.05) is 30.3 Å². The number of hydrogen-bond acceptors (Lipinski definition) is 5. The largest absolute Gasteiger partial charge is 0.445 e. The summed E-state index contributed by atoms with van der Waals surface area (Å²) in [6.45, 7) is 6.32. The number of amides is 2. The molecule has 2 saturated heterocycles. The Labute approximate surface area is 181 Å². The van der Waals surface area contributed by atoms with Crippen molar-refractivity contribution in [1.82, 2.24) is 14.7 Å². The Hall–Kier alpha value is -2.42. The summed E-state index contributed by atoms with van der Waals surface area (Å²) in [5.74, 6) is -2.64. The third kappa shape index (κ3) is 6.78. The second kappa shape index (κ2) is 9.38. The minimum absolute atomic E-state index is 0.150. The summed E-state index contributed by atoms with van der Waals surface area (Å²) in [7, 11) is 0. The second-order valence-electron chi connectivity index (χ2n) is 9.17. The lowest BCUT2D eigenvalue weighted by molar-refractivity contribution is -0.132. The van der Waals surface area contributed by atoms with E-state index in [0.717, 1.165) is 5.56 Å². The number of ether oxygens (including phenoxy) is 2. The van der Waals surface area contributed by atoms with Crippen LogP contribution in [-0.2, 0) is 16.1 Å². The molecule has 1 aromatic rings. The van der Waals surface area contributed by atoms with Crippen LogP contribution < -0.4 is 0 Å². The van der Waals surface area contributed by atoms with Gasteiger partial charge in [0.05, 0.1) is 19.1 Å². The summed E-state index contributed by atoms with van der Waals surface area (Å²) in [6.07, 6.45) is -0.438. The van der Waals surface area contributed by atoms with Crippen LogP contribution in [0.15, 0.2) is 30.3 Å². The van der Waals surface area contributed by atoms with Gasteiger partial charge in [0.1, 0.15) is 12.2 Å². The predicted molar refractivity (Wildman–Crippen MR) is 111 cm³/mol. The maximum atomic E-state index is 13.2. The number of likely N-dealkylation sites (tertiary alicyclic amines) is 1. The lowest BCUT2D eigenvalue weighted by Gasteiger charge is -2.43. The quantitative estimate of drug-likeness (QED) is 0.702. The first-order valence-corrected chi connectivity index (χ1v) is 10.6. The normalized spacial score (nSPS) is 21.4. The van der Waals surface area contributed by atoms with E-state index in [1.165, 1.54) is 0 Å². The molecule has 172 valence electrons. The smallest absolute Gasteiger partial charge is 0.410 e. The Bertz CT molecular complexity index is 762. The van der Waals surface area contributed by atoms with Crippen LogP contribution in [0.4, 0.5) is 18.4 Å². The van der Waals surface area contributed by atoms with Gasteiger partial charge in [-0.05, 0) is 32.8 Å². The van der Waals surface area contributed by atoms with Gasteiger partial charge in [0, 0.05) is 26.2 Å². The van der Waals surface area contributed by atoms with Crippen LogP contribution >= 0.6 is 0 Å². The number of hydrogen-bond donors (Lipinski definition) is 0. The zero-order chi connectivity index (χ0) is 22.6. The first-order valence-electron chi connectivity index (χ1n) is 10.6. The molecule has 0 aliphatic carbocycles. The standard InChI is InChI=1S/C22H31F2N3O4/c1-21(2,3)31-19(28)26-11-12-27(20(29)30-14-17-7-5-4-6-8-17)18(13-26)9-10-25-15-22(23,24)16-25/h4-8,18H,9-16H2,1-3H3. The van der Waals surface area contributed by atoms with Crippen LogP contribution in [0, 0.1) is 0 Å². The number of alkyl halides is 2. The Morgan fingerprint density at radius 2 is 1.77 bits per heavy atom. The van der Waals surface area contributed by atoms with E-state index in [1.54, 1.807) is 35.5 Å². The summed E-state index contributed by atoms with van der Waals surface area (Å²) < 4.78 is 37.2. The molecule has 1 unspecified atom stereocenters. The van der Waals surface area contributed by atoms with Gasteiger partial charge in [0.25, 0.3) is 5.92 Å². The Morgan fingerprint density at radius 3 is 2.39 bits per heavy atom. The molecule has 2 fully saturated rings. The molecular formula is C22H31F2N3O4. The fraction of sp³-hybridized carbons (Fsp3) is 0.636. The van der Waals surface area contributed by atoms with Crippen molar-refractivity contribution in [2.45, 2.75) is 51.4 Å². The maximum Gasteiger partial charge on any atom is 0.410 e. The maximum absolute atomic E-state index is 13.2. The Morgan fingerprint density at radius 1 is 1.10 bits per heavy atom. The van der Waals surface area contributed by atoms with E-state index < -0.39 is 23.7 Å². The summed E-state index contributed by atoms with van der Waals surface area (Å²) in [4.78, 5) is 30.1. The summed E-state index contributed by atoms with van der Waals surface area (Å²) in [5.41, 5.74) is 0.254. The van der Waals surface area contributed by atoms with E-state index >= 15 is 0 Å². The Balaban J connectivity index is 1.60. The van der Waals surface area contributed by atoms with Crippen molar-refractivity contribution >= 4 is 12.2 Å². The number of rotatable bonds is 5. The van der Waals surface area contributed by atoms with E-state index in [1.807, 2.05) is 30.3 Å². The zero-order valence-electron chi connectivity index (χ0n) is 18.4. The number of carbonyl (C=O) groups excluding carboxylic acids is 2. The molecule has 2 aliphatic heterocycles. The van der Waals surface area contributed by atoms with Crippen molar-refractivity contribution in [2.24, 2.45) is 0 Å². The number of carbonyl (C=O) groups is 2. The summed E-state index contributed by atoms with van der Waals surface area (Å²) >= 11 is 0. The molecule has 1 atom stereocenters. The highest BCUT2D eigenvalue weighted by Crippen LogP contribution is 2.27. The van der Waals surface area contributed by atoms with Gasteiger partial charge in [-0.3, -0.25) is 4.90 Å². The number of nitrogens with zero attached hydrogens (tertiary/aromatic N) is 3. The molecule has 9 heteroatoms. The molecule has 2 aliphatic rings. The second-order valence-corrected chi connectivity index (χ2v) is 9.17. The third-order valence-corrected chi connectivity index (χ3v) is 5.26. The molecule has 0 radical (unpaired) electrons. The van der Waals surface area contributed by atoms with Gasteiger partial charge in [-0.15, -0.1) is 0 Å². The highest BCUT2D eigenvalue weighted by Gasteiger charge is 2.44. The summed E-state index contributed by atoms with van der Waals surface area (Å²) in [5, 5.41) is 0. The van der Waals surface area contributed by atoms with Crippen LogP contribution in [0.5, 0.6) is 0 Å². The van der Waals surface area contributed by atoms with Gasteiger partial charge in [-0.25, -0.2) is 18.4 Å². The average molecular weight is 440 g/mol. The predicted octanol–water partition coefficient (Wildman–Crippen LogP) is 3.59. The van der Waals surface area contributed by atoms with E-state index in [9.17, 15) is 18.4 Å². The molecule has 0 N–H and O–H groups in total. The van der Waals surface area contributed by atoms with Crippen molar-refractivity contribution < 1.29 is 27.8 Å². The lowest BCUT2D eigenvalue weighted by atomic mass is 10.1. The van der Waals surface area contributed by atoms with E-state index in [4.69, 9.17) is 9.47 Å². The van der Waals surface area contributed by atoms with Crippen molar-refractivity contribution in [1.29, 1.82) is 0 Å². The zero-order valence-corrected chi connectivity index (χ0v) is 18.4. The van der Waals surface area contributed by atoms with Gasteiger partial charge < -0.3 is 19.3 Å². The Kier molecular flexibility index (Phi) is 7.03. The van der Waals surface area contributed by atoms with Crippen molar-refractivity contribution in [3.05, 3.63) is 35.9 Å². The van der Waals surface area contributed by atoms with Gasteiger partial charge in [-0.2, -0.15) is 0 Å². The first kappa shape index (κ1) is 23.2. The fourth-order valence-corrected chi connectivity index (χ4v) is 3.73. The van der Waals surface area contributed by atoms with E-state index in [2.05, 4.69) is 0 Å². The summed E-state index contributed by atoms with van der Waals surface area (Å²) in [6, 6.07) is 9.03. The molecule has 0 spiro atoms. The molecule has 7 nitrogen and oxygen atoms in total. The van der Waals surface area contributed by atoms with Crippen LogP contribution in [0.3, 0.4) is 0 Å². The molecule has 0 aromatic heterocycles. The van der Waals surface area contributed by atoms with Crippen LogP contribution in [0.2, 0.25) is 0 Å². The van der Waals surface area contributed by atoms with Gasteiger partial charge in [0.2, 0.25) is 0 Å². The van der Waals surface area contributed by atoms with Crippen molar-refractivity contribution in [2.75, 3.05) is 39.3 Å². The number of piperazine rings is 1. The van der Waals surface area contributed by atoms with Gasteiger partial charge in [0.15, 0.2) is 0 Å². The molecular weight excluding hydrogens is 408 g/mol. The SMILES string of the molecule is CC(C)(C)OC(=O)N1CCN(C(=O)OCc2ccccc2)C(CCN2CC(F)(F)C2)C1. The van der Waals surface area contributed by atoms with Crippen LogP contribution in [-0.4, -0.2) is 83.7 Å². The molecule has 2 heterocycles. The topological polar surface area (TPSA) is 62.3 Å². The molecule has 2 amide bonds. The minimum atomic E-state index is -2.64. The van der Waals surface area contributed by atoms with Crippen LogP contribution in [0.25, 0.3) is 0 Å².